The molecule has 7 rings (SSSR count). The molecule has 4 heterocycles. The minimum Gasteiger partial charge on any atom is -0.487 e. The molecule has 0 aliphatic carbocycles. The molecule has 3 aromatic carbocycles. The number of rotatable bonds is 7. The second-order valence-electron chi connectivity index (χ2n) is 11.5. The molecule has 0 bridgehead atoms. The number of nitrogens with zero attached hydrogens (tertiary/aromatic N) is 4. The molecule has 2 aliphatic rings. The molecule has 0 saturated carbocycles. The van der Waals surface area contributed by atoms with E-state index < -0.39 is 0 Å². The van der Waals surface area contributed by atoms with Crippen LogP contribution in [0.25, 0.3) is 16.5 Å². The first-order valence-corrected chi connectivity index (χ1v) is 15.4. The minimum absolute atomic E-state index is 0.338. The topological polar surface area (TPSA) is 69.5 Å². The Labute approximate surface area is 257 Å². The SMILES string of the molecule is [11CH3]OC(=O)c1cnc2n1CCc1ccccc1C2=C1CCN(CCc2ccc(OCc3ccc4ccccc4n3)cc2)CC1. The highest BCUT2D eigenvalue weighted by molar-refractivity contribution is 5.90. The average molecular weight is 584 g/mol. The van der Waals surface area contributed by atoms with Gasteiger partial charge < -0.3 is 18.9 Å². The molecule has 5 aromatic rings. The number of carbonyl (C=O) groups is 1. The van der Waals surface area contributed by atoms with Crippen LogP contribution in [0.2, 0.25) is 0 Å². The Balaban J connectivity index is 0.985. The van der Waals surface area contributed by atoms with Crippen molar-refractivity contribution in [1.29, 1.82) is 0 Å². The van der Waals surface area contributed by atoms with Crippen molar-refractivity contribution in [3.8, 4) is 5.75 Å². The third kappa shape index (κ3) is 5.75. The maximum atomic E-state index is 12.5. The number of para-hydroxylation sites is 1. The summed E-state index contributed by atoms with van der Waals surface area (Å²) < 4.78 is 13.1. The normalized spacial score (nSPS) is 15.0. The van der Waals surface area contributed by atoms with Crippen LogP contribution in [0.5, 0.6) is 5.75 Å². The number of ether oxygens (including phenoxy) is 2. The second kappa shape index (κ2) is 12.5. The number of likely N-dealkylation sites (tertiary alicyclic amines) is 1. The van der Waals surface area contributed by atoms with Crippen LogP contribution in [0.4, 0.5) is 0 Å². The van der Waals surface area contributed by atoms with Gasteiger partial charge in [-0.3, -0.25) is 0 Å². The van der Waals surface area contributed by atoms with Crippen molar-refractivity contribution in [2.24, 2.45) is 0 Å². The monoisotopic (exact) mass is 583 g/mol. The third-order valence-electron chi connectivity index (χ3n) is 8.86. The number of hydrogen-bond donors (Lipinski definition) is 0. The van der Waals surface area contributed by atoms with Crippen LogP contribution in [0.1, 0.15) is 51.5 Å². The van der Waals surface area contributed by atoms with Crippen molar-refractivity contribution in [3.05, 3.63) is 131 Å². The fraction of sp³-hybridized carbons (Fsp3) is 0.270. The van der Waals surface area contributed by atoms with Gasteiger partial charge in [0.05, 0.1) is 24.5 Å². The lowest BCUT2D eigenvalue weighted by Gasteiger charge is -2.30. The summed E-state index contributed by atoms with van der Waals surface area (Å²) in [5.41, 5.74) is 8.90. The fourth-order valence-corrected chi connectivity index (χ4v) is 6.43. The summed E-state index contributed by atoms with van der Waals surface area (Å²) in [6.45, 7) is 4.19. The second-order valence-corrected chi connectivity index (χ2v) is 11.5. The zero-order valence-electron chi connectivity index (χ0n) is 25.0. The first-order valence-electron chi connectivity index (χ1n) is 15.4. The summed E-state index contributed by atoms with van der Waals surface area (Å²) in [5, 5.41) is 1.14. The zero-order valence-corrected chi connectivity index (χ0v) is 25.0. The molecule has 1 fully saturated rings. The van der Waals surface area contributed by atoms with E-state index in [1.165, 1.54) is 34.9 Å². The molecule has 2 aliphatic heterocycles. The standard InChI is InChI=1S/C37H36N4O3/c1-43-37(42)34-24-38-36-35(32-8-4-2-6-27(32)19-23-41(34)36)29-17-21-40(22-18-29)20-16-26-10-14-31(15-11-26)44-25-30-13-12-28-7-3-5-9-33(28)39-30/h2-15,24H,16-23,25H2,1H3/i1-1. The van der Waals surface area contributed by atoms with Crippen LogP contribution < -0.4 is 4.74 Å². The summed E-state index contributed by atoms with van der Waals surface area (Å²) >= 11 is 0. The summed E-state index contributed by atoms with van der Waals surface area (Å²) in [6, 6.07) is 29.3. The number of fused-ring (bicyclic) bond motifs is 3. The van der Waals surface area contributed by atoms with E-state index in [0.29, 0.717) is 18.8 Å². The van der Waals surface area contributed by atoms with Crippen molar-refractivity contribution in [2.45, 2.75) is 38.8 Å². The molecule has 0 spiro atoms. The van der Waals surface area contributed by atoms with Gasteiger partial charge in [0.1, 0.15) is 23.9 Å². The molecular weight excluding hydrogens is 547 g/mol. The molecule has 7 heteroatoms. The van der Waals surface area contributed by atoms with Gasteiger partial charge in [0.25, 0.3) is 0 Å². The molecule has 2 aromatic heterocycles. The third-order valence-corrected chi connectivity index (χ3v) is 8.86. The van der Waals surface area contributed by atoms with Gasteiger partial charge in [-0.15, -0.1) is 0 Å². The van der Waals surface area contributed by atoms with Gasteiger partial charge in [0.15, 0.2) is 0 Å². The van der Waals surface area contributed by atoms with E-state index in [0.717, 1.165) is 73.5 Å². The minimum atomic E-state index is -0.338. The number of aryl methyl sites for hydroxylation is 1. The van der Waals surface area contributed by atoms with E-state index in [9.17, 15) is 4.79 Å². The lowest BCUT2D eigenvalue weighted by Crippen LogP contribution is -2.33. The average Bonchev–Trinajstić information content (AvgIpc) is 3.42. The first-order chi connectivity index (χ1) is 21.7. The van der Waals surface area contributed by atoms with E-state index in [2.05, 4.69) is 65.6 Å². The van der Waals surface area contributed by atoms with Crippen LogP contribution >= 0.6 is 0 Å². The predicted molar refractivity (Wildman–Crippen MR) is 172 cm³/mol. The maximum Gasteiger partial charge on any atom is 0.356 e. The van der Waals surface area contributed by atoms with Gasteiger partial charge in [-0.25, -0.2) is 14.8 Å². The van der Waals surface area contributed by atoms with E-state index >= 15 is 0 Å². The summed E-state index contributed by atoms with van der Waals surface area (Å²) in [7, 11) is 1.43. The molecule has 1 saturated heterocycles. The largest absolute Gasteiger partial charge is 0.487 e. The van der Waals surface area contributed by atoms with Crippen molar-refractivity contribution < 1.29 is 14.3 Å². The molecule has 0 radical (unpaired) electrons. The highest BCUT2D eigenvalue weighted by Gasteiger charge is 2.28. The summed E-state index contributed by atoms with van der Waals surface area (Å²) in [4.78, 5) is 24.5. The molecule has 0 unspecified atom stereocenters. The number of piperidine rings is 1. The Morgan fingerprint density at radius 1 is 0.864 bits per heavy atom. The maximum absolute atomic E-state index is 12.5. The van der Waals surface area contributed by atoms with Crippen molar-refractivity contribution in [1.82, 2.24) is 19.4 Å². The summed E-state index contributed by atoms with van der Waals surface area (Å²) in [5.74, 6) is 1.41. The van der Waals surface area contributed by atoms with Crippen LogP contribution in [-0.4, -0.2) is 52.1 Å². The molecular formula is C37H36N4O3. The van der Waals surface area contributed by atoms with E-state index in [-0.39, 0.29) is 5.97 Å². The Morgan fingerprint density at radius 3 is 2.50 bits per heavy atom. The van der Waals surface area contributed by atoms with E-state index in [1.807, 2.05) is 28.8 Å². The Kier molecular flexibility index (Phi) is 7.95. The number of hydrogen-bond acceptors (Lipinski definition) is 6. The quantitative estimate of drug-likeness (QED) is 0.204. The zero-order chi connectivity index (χ0) is 29.9. The van der Waals surface area contributed by atoms with Crippen LogP contribution in [0.3, 0.4) is 0 Å². The molecule has 0 amide bonds. The smallest absolute Gasteiger partial charge is 0.356 e. The molecule has 7 nitrogen and oxygen atoms in total. The molecule has 44 heavy (non-hydrogen) atoms. The number of pyridine rings is 1. The molecule has 0 N–H and O–H groups in total. The van der Waals surface area contributed by atoms with E-state index in [1.54, 1.807) is 6.20 Å². The van der Waals surface area contributed by atoms with Crippen LogP contribution in [0.15, 0.2) is 96.7 Å². The number of imidazole rings is 1. The van der Waals surface area contributed by atoms with Crippen molar-refractivity contribution in [2.75, 3.05) is 26.7 Å². The van der Waals surface area contributed by atoms with Crippen LogP contribution in [0, 0.1) is 0 Å². The van der Waals surface area contributed by atoms with Crippen LogP contribution in [-0.2, 0) is 30.7 Å². The summed E-state index contributed by atoms with van der Waals surface area (Å²) in [6.07, 6.45) is 5.49. The van der Waals surface area contributed by atoms with E-state index in [4.69, 9.17) is 19.4 Å². The lowest BCUT2D eigenvalue weighted by atomic mass is 9.90. The number of methoxy groups -OCH3 is 1. The molecule has 222 valence electrons. The first kappa shape index (κ1) is 28.0. The highest BCUT2D eigenvalue weighted by Crippen LogP contribution is 2.36. The van der Waals surface area contributed by atoms with Crippen molar-refractivity contribution in [3.63, 3.8) is 0 Å². The van der Waals surface area contributed by atoms with Gasteiger partial charge in [-0.05, 0) is 66.6 Å². The number of esters is 1. The Hall–Kier alpha value is -4.75. The van der Waals surface area contributed by atoms with Gasteiger partial charge in [0, 0.05) is 37.1 Å². The Morgan fingerprint density at radius 2 is 1.66 bits per heavy atom. The number of carbonyl (C=O) groups excluding carboxylic acids is 1. The predicted octanol–water partition coefficient (Wildman–Crippen LogP) is 6.49. The fourth-order valence-electron chi connectivity index (χ4n) is 6.43. The van der Waals surface area contributed by atoms with Gasteiger partial charge in [-0.1, -0.05) is 66.2 Å². The van der Waals surface area contributed by atoms with Gasteiger partial charge in [-0.2, -0.15) is 0 Å². The number of benzene rings is 3. The van der Waals surface area contributed by atoms with Crippen molar-refractivity contribution >= 4 is 22.4 Å². The van der Waals surface area contributed by atoms with Gasteiger partial charge >= 0.3 is 5.97 Å². The van der Waals surface area contributed by atoms with Gasteiger partial charge in [0.2, 0.25) is 0 Å². The lowest BCUT2D eigenvalue weighted by molar-refractivity contribution is 0.0588. The molecule has 0 atom stereocenters. The number of aromatic nitrogens is 3. The highest BCUT2D eigenvalue weighted by atomic mass is 16.5. The Bertz CT molecular complexity index is 1830.